The van der Waals surface area contributed by atoms with Crippen molar-refractivity contribution in [2.75, 3.05) is 6.54 Å². The number of carbonyl (C=O) groups excluding carboxylic acids is 1. The predicted octanol–water partition coefficient (Wildman–Crippen LogP) is 2.98. The molecule has 1 amide bonds. The van der Waals surface area contributed by atoms with Crippen LogP contribution in [0.4, 0.5) is 0 Å². The van der Waals surface area contributed by atoms with E-state index >= 15 is 0 Å². The number of fused-ring (bicyclic) bond motifs is 1. The first-order valence-electron chi connectivity index (χ1n) is 8.08. The number of rotatable bonds is 3. The Kier molecular flexibility index (Phi) is 3.41. The van der Waals surface area contributed by atoms with E-state index in [1.165, 1.54) is 5.56 Å². The fraction of sp³-hybridized carbons (Fsp3) is 0.333. The first-order valence-corrected chi connectivity index (χ1v) is 8.08. The molecule has 23 heavy (non-hydrogen) atoms. The molecule has 0 saturated carbocycles. The largest absolute Gasteiger partial charge is 0.351 e. The summed E-state index contributed by atoms with van der Waals surface area (Å²) >= 11 is 0. The Bertz CT molecular complexity index is 834. The van der Waals surface area contributed by atoms with E-state index in [1.54, 1.807) is 6.20 Å². The fourth-order valence-corrected chi connectivity index (χ4v) is 3.44. The van der Waals surface area contributed by atoms with Gasteiger partial charge in [0, 0.05) is 29.8 Å². The number of nitrogens with zero attached hydrogens (tertiary/aromatic N) is 3. The second-order valence-electron chi connectivity index (χ2n) is 6.30. The van der Waals surface area contributed by atoms with Crippen LogP contribution in [0.1, 0.15) is 28.9 Å². The van der Waals surface area contributed by atoms with Crippen molar-refractivity contribution in [2.24, 2.45) is 0 Å². The number of benzene rings is 1. The van der Waals surface area contributed by atoms with E-state index in [0.29, 0.717) is 5.69 Å². The van der Waals surface area contributed by atoms with Crippen molar-refractivity contribution >= 4 is 16.8 Å². The van der Waals surface area contributed by atoms with E-state index in [1.807, 2.05) is 34.0 Å². The maximum Gasteiger partial charge on any atom is 0.270 e. The zero-order valence-corrected chi connectivity index (χ0v) is 13.2. The molecule has 2 aromatic heterocycles. The lowest BCUT2D eigenvalue weighted by molar-refractivity contribution is 0.0716. The smallest absolute Gasteiger partial charge is 0.270 e. The van der Waals surface area contributed by atoms with Crippen molar-refractivity contribution in [1.29, 1.82) is 0 Å². The van der Waals surface area contributed by atoms with Crippen LogP contribution in [0.5, 0.6) is 0 Å². The van der Waals surface area contributed by atoms with Crippen molar-refractivity contribution in [1.82, 2.24) is 19.7 Å². The Hall–Kier alpha value is -2.56. The number of likely N-dealkylation sites (tertiary alicyclic amines) is 1. The first kappa shape index (κ1) is 14.1. The van der Waals surface area contributed by atoms with Gasteiger partial charge in [0.15, 0.2) is 0 Å². The van der Waals surface area contributed by atoms with Gasteiger partial charge in [0.1, 0.15) is 5.69 Å². The number of aromatic nitrogens is 3. The second-order valence-corrected chi connectivity index (χ2v) is 6.30. The lowest BCUT2D eigenvalue weighted by Gasteiger charge is -2.24. The number of nitrogens with one attached hydrogen (secondary N) is 1. The topological polar surface area (TPSA) is 53.9 Å². The average Bonchev–Trinajstić information content (AvgIpc) is 3.26. The van der Waals surface area contributed by atoms with Crippen molar-refractivity contribution in [3.8, 4) is 0 Å². The summed E-state index contributed by atoms with van der Waals surface area (Å²) in [6.45, 7) is 3.64. The maximum atomic E-state index is 12.9. The third-order valence-corrected chi connectivity index (χ3v) is 4.60. The predicted molar refractivity (Wildman–Crippen MR) is 89.3 cm³/mol. The van der Waals surface area contributed by atoms with Crippen LogP contribution >= 0.6 is 0 Å². The number of aryl methyl sites for hydroxylation is 1. The van der Waals surface area contributed by atoms with E-state index in [0.717, 1.165) is 36.8 Å². The second kappa shape index (κ2) is 5.57. The molecule has 0 aliphatic carbocycles. The van der Waals surface area contributed by atoms with Crippen LogP contribution in [0.2, 0.25) is 0 Å². The summed E-state index contributed by atoms with van der Waals surface area (Å²) in [5, 5.41) is 5.36. The molecular weight excluding hydrogens is 288 g/mol. The van der Waals surface area contributed by atoms with Crippen LogP contribution in [0.25, 0.3) is 10.9 Å². The zero-order chi connectivity index (χ0) is 15.8. The Morgan fingerprint density at radius 2 is 2.30 bits per heavy atom. The zero-order valence-electron chi connectivity index (χ0n) is 13.2. The molecule has 1 N–H and O–H groups in total. The maximum absolute atomic E-state index is 12.9. The SMILES string of the molecule is Cc1ccc2[nH]c(C(=O)N3CCC[C@@H]3Cn3cccn3)cc2c1. The Morgan fingerprint density at radius 1 is 1.39 bits per heavy atom. The molecule has 5 heteroatoms. The molecule has 3 heterocycles. The summed E-state index contributed by atoms with van der Waals surface area (Å²) in [5.74, 6) is 0.0912. The normalized spacial score (nSPS) is 18.0. The minimum absolute atomic E-state index is 0.0912. The van der Waals surface area contributed by atoms with Gasteiger partial charge in [0.05, 0.1) is 12.6 Å². The van der Waals surface area contributed by atoms with Crippen LogP contribution < -0.4 is 0 Å². The molecule has 0 radical (unpaired) electrons. The van der Waals surface area contributed by atoms with Crippen molar-refractivity contribution in [3.05, 3.63) is 54.0 Å². The molecule has 1 aromatic carbocycles. The van der Waals surface area contributed by atoms with Gasteiger partial charge >= 0.3 is 0 Å². The standard InChI is InChI=1S/C18H20N4O/c1-13-5-6-16-14(10-13)11-17(20-16)18(23)22-9-2-4-15(22)12-21-8-3-7-19-21/h3,5-8,10-11,15,20H,2,4,9,12H2,1H3/t15-/m1/s1. The van der Waals surface area contributed by atoms with Gasteiger partial charge in [-0.1, -0.05) is 11.6 Å². The molecule has 1 saturated heterocycles. The molecule has 0 unspecified atom stereocenters. The number of aromatic amines is 1. The highest BCUT2D eigenvalue weighted by Crippen LogP contribution is 2.23. The van der Waals surface area contributed by atoms with Crippen LogP contribution in [-0.4, -0.2) is 38.2 Å². The van der Waals surface area contributed by atoms with Gasteiger partial charge in [0.25, 0.3) is 5.91 Å². The molecular formula is C18H20N4O. The lowest BCUT2D eigenvalue weighted by Crippen LogP contribution is -2.38. The Labute approximate surface area is 134 Å². The number of H-pyrrole nitrogens is 1. The summed E-state index contributed by atoms with van der Waals surface area (Å²) < 4.78 is 1.91. The number of carbonyl (C=O) groups is 1. The highest BCUT2D eigenvalue weighted by atomic mass is 16.2. The molecule has 1 fully saturated rings. The summed E-state index contributed by atoms with van der Waals surface area (Å²) in [4.78, 5) is 18.2. The highest BCUT2D eigenvalue weighted by molar-refractivity contribution is 5.98. The molecule has 0 bridgehead atoms. The molecule has 1 atom stereocenters. The molecule has 118 valence electrons. The van der Waals surface area contributed by atoms with Gasteiger partial charge in [-0.2, -0.15) is 5.10 Å². The fourth-order valence-electron chi connectivity index (χ4n) is 3.44. The van der Waals surface area contributed by atoms with Gasteiger partial charge < -0.3 is 9.88 Å². The number of hydrogen-bond donors (Lipinski definition) is 1. The number of amides is 1. The van der Waals surface area contributed by atoms with E-state index in [4.69, 9.17) is 0 Å². The monoisotopic (exact) mass is 308 g/mol. The molecule has 0 spiro atoms. The molecule has 5 nitrogen and oxygen atoms in total. The van der Waals surface area contributed by atoms with Gasteiger partial charge in [-0.25, -0.2) is 0 Å². The summed E-state index contributed by atoms with van der Waals surface area (Å²) in [6, 6.07) is 10.3. The quantitative estimate of drug-likeness (QED) is 0.808. The minimum atomic E-state index is 0.0912. The highest BCUT2D eigenvalue weighted by Gasteiger charge is 2.30. The van der Waals surface area contributed by atoms with E-state index in [2.05, 4.69) is 29.1 Å². The molecule has 1 aliphatic heterocycles. The third kappa shape index (κ3) is 2.63. The van der Waals surface area contributed by atoms with Crippen molar-refractivity contribution in [2.45, 2.75) is 32.4 Å². The van der Waals surface area contributed by atoms with Crippen LogP contribution in [-0.2, 0) is 6.54 Å². The van der Waals surface area contributed by atoms with Crippen LogP contribution in [0, 0.1) is 6.92 Å². The van der Waals surface area contributed by atoms with Crippen molar-refractivity contribution in [3.63, 3.8) is 0 Å². The Morgan fingerprint density at radius 3 is 3.13 bits per heavy atom. The summed E-state index contributed by atoms with van der Waals surface area (Å²) in [7, 11) is 0. The van der Waals surface area contributed by atoms with Gasteiger partial charge in [-0.05, 0) is 44.0 Å². The van der Waals surface area contributed by atoms with E-state index in [9.17, 15) is 4.79 Å². The minimum Gasteiger partial charge on any atom is -0.351 e. The molecule has 4 rings (SSSR count). The summed E-state index contributed by atoms with van der Waals surface area (Å²) in [5.41, 5.74) is 2.90. The van der Waals surface area contributed by atoms with Gasteiger partial charge in [-0.3, -0.25) is 9.48 Å². The Balaban J connectivity index is 1.58. The van der Waals surface area contributed by atoms with Gasteiger partial charge in [-0.15, -0.1) is 0 Å². The molecule has 1 aliphatic rings. The van der Waals surface area contributed by atoms with E-state index in [-0.39, 0.29) is 11.9 Å². The van der Waals surface area contributed by atoms with E-state index < -0.39 is 0 Å². The van der Waals surface area contributed by atoms with Crippen LogP contribution in [0.3, 0.4) is 0 Å². The van der Waals surface area contributed by atoms with Crippen molar-refractivity contribution < 1.29 is 4.79 Å². The molecule has 3 aromatic rings. The average molecular weight is 308 g/mol. The first-order chi connectivity index (χ1) is 11.2. The lowest BCUT2D eigenvalue weighted by atomic mass is 10.2. The third-order valence-electron chi connectivity index (χ3n) is 4.60. The summed E-state index contributed by atoms with van der Waals surface area (Å²) in [6.07, 6.45) is 5.82. The van der Waals surface area contributed by atoms with Crippen LogP contribution in [0.15, 0.2) is 42.7 Å². The van der Waals surface area contributed by atoms with Gasteiger partial charge in [0.2, 0.25) is 0 Å². The number of hydrogen-bond acceptors (Lipinski definition) is 2.